The largest absolute Gasteiger partial charge is 0.106 e. The van der Waals surface area contributed by atoms with Crippen molar-refractivity contribution in [3.63, 3.8) is 0 Å². The molecule has 3 rings (SSSR count). The minimum atomic E-state index is 1.26. The second-order valence-corrected chi connectivity index (χ2v) is 4.02. The molecule has 0 fully saturated rings. The average molecular weight is 184 g/mol. The normalized spacial score (nSPS) is 11.5. The smallest absolute Gasteiger partial charge is 0.00928 e. The van der Waals surface area contributed by atoms with Gasteiger partial charge in [-0.3, -0.25) is 0 Å². The molecule has 0 heterocycles. The highest BCUT2D eigenvalue weighted by Crippen LogP contribution is 2.46. The lowest BCUT2D eigenvalue weighted by molar-refractivity contribution is 1.54. The molecule has 0 radical (unpaired) electrons. The molecule has 1 unspecified atom stereocenters. The van der Waals surface area contributed by atoms with Gasteiger partial charge in [-0.25, -0.2) is 0 Å². The Morgan fingerprint density at radius 1 is 0.692 bits per heavy atom. The molecular formula is C12H9P. The van der Waals surface area contributed by atoms with Gasteiger partial charge < -0.3 is 0 Å². The third-order valence-corrected chi connectivity index (χ3v) is 2.91. The van der Waals surface area contributed by atoms with E-state index in [1.807, 2.05) is 0 Å². The Hall–Kier alpha value is -1.13. The molecule has 1 heteroatoms. The number of rotatable bonds is 0. The first-order valence-electron chi connectivity index (χ1n) is 4.35. The van der Waals surface area contributed by atoms with E-state index in [1.54, 1.807) is 0 Å². The summed E-state index contributed by atoms with van der Waals surface area (Å²) in [6, 6.07) is 15.1. The third-order valence-electron chi connectivity index (χ3n) is 2.55. The second-order valence-electron chi connectivity index (χ2n) is 3.35. The predicted molar refractivity (Wildman–Crippen MR) is 60.2 cm³/mol. The van der Waals surface area contributed by atoms with Crippen molar-refractivity contribution in [3.05, 3.63) is 42.5 Å². The molecule has 0 bridgehead atoms. The summed E-state index contributed by atoms with van der Waals surface area (Å²) < 4.78 is 0. The summed E-state index contributed by atoms with van der Waals surface area (Å²) in [5.41, 5.74) is 5.56. The summed E-state index contributed by atoms with van der Waals surface area (Å²) in [5, 5.41) is 1.26. The Morgan fingerprint density at radius 2 is 1.31 bits per heavy atom. The molecule has 1 aliphatic rings. The Morgan fingerprint density at radius 3 is 2.08 bits per heavy atom. The fourth-order valence-electron chi connectivity index (χ4n) is 1.91. The molecule has 2 aromatic rings. The molecule has 0 saturated carbocycles. The minimum Gasteiger partial charge on any atom is -0.106 e. The zero-order chi connectivity index (χ0) is 8.84. The summed E-state index contributed by atoms with van der Waals surface area (Å²) in [6.45, 7) is 0. The van der Waals surface area contributed by atoms with Crippen molar-refractivity contribution in [1.29, 1.82) is 0 Å². The molecule has 0 nitrogen and oxygen atoms in total. The van der Waals surface area contributed by atoms with Gasteiger partial charge in [-0.2, -0.15) is 0 Å². The van der Waals surface area contributed by atoms with Crippen molar-refractivity contribution in [2.75, 3.05) is 0 Å². The molecule has 0 amide bonds. The van der Waals surface area contributed by atoms with Crippen molar-refractivity contribution in [2.24, 2.45) is 0 Å². The summed E-state index contributed by atoms with van der Waals surface area (Å²) in [5.74, 6) is 0. The summed E-state index contributed by atoms with van der Waals surface area (Å²) in [6.07, 6.45) is 0. The van der Waals surface area contributed by atoms with Crippen molar-refractivity contribution >= 4 is 14.5 Å². The zero-order valence-electron chi connectivity index (χ0n) is 7.12. The molecule has 1 aliphatic carbocycles. The lowest BCUT2D eigenvalue weighted by Gasteiger charge is -2.23. The fraction of sp³-hybridized carbons (Fsp3) is 0. The monoisotopic (exact) mass is 184 g/mol. The van der Waals surface area contributed by atoms with E-state index in [-0.39, 0.29) is 0 Å². The molecule has 0 N–H and O–H groups in total. The molecule has 13 heavy (non-hydrogen) atoms. The quantitative estimate of drug-likeness (QED) is 0.471. The van der Waals surface area contributed by atoms with Crippen LogP contribution in [0.15, 0.2) is 42.5 Å². The Bertz CT molecular complexity index is 486. The van der Waals surface area contributed by atoms with Crippen LogP contribution in [0.5, 0.6) is 0 Å². The van der Waals surface area contributed by atoms with Crippen LogP contribution in [0.1, 0.15) is 0 Å². The molecule has 62 valence electrons. The Kier molecular flexibility index (Phi) is 1.36. The van der Waals surface area contributed by atoms with Gasteiger partial charge in [-0.1, -0.05) is 36.4 Å². The van der Waals surface area contributed by atoms with Crippen LogP contribution in [0, 0.1) is 0 Å². The van der Waals surface area contributed by atoms with E-state index in [4.69, 9.17) is 0 Å². The van der Waals surface area contributed by atoms with E-state index in [1.165, 1.54) is 27.6 Å². The SMILES string of the molecule is Pc1ccc2c(c1)-c1ccccc1-2. The van der Waals surface area contributed by atoms with Crippen molar-refractivity contribution in [2.45, 2.75) is 0 Å². The molecule has 0 aromatic heterocycles. The van der Waals surface area contributed by atoms with Crippen LogP contribution < -0.4 is 5.30 Å². The van der Waals surface area contributed by atoms with Gasteiger partial charge in [0.05, 0.1) is 0 Å². The standard InChI is InChI=1S/C12H9P/c13-8-5-6-11-9-3-1-2-4-10(9)12(11)7-8/h1-7H,13H2. The van der Waals surface area contributed by atoms with E-state index < -0.39 is 0 Å². The van der Waals surface area contributed by atoms with Crippen LogP contribution in [-0.4, -0.2) is 0 Å². The molecular weight excluding hydrogens is 175 g/mol. The number of benzene rings is 2. The van der Waals surface area contributed by atoms with E-state index in [2.05, 4.69) is 51.7 Å². The number of hydrogen-bond donors (Lipinski definition) is 0. The maximum Gasteiger partial charge on any atom is -0.00928 e. The fourth-order valence-corrected chi connectivity index (χ4v) is 2.17. The minimum absolute atomic E-state index is 1.26. The molecule has 0 saturated heterocycles. The second kappa shape index (κ2) is 2.43. The van der Waals surface area contributed by atoms with Gasteiger partial charge in [0.25, 0.3) is 0 Å². The number of hydrogen-bond acceptors (Lipinski definition) is 0. The van der Waals surface area contributed by atoms with E-state index in [0.29, 0.717) is 0 Å². The molecule has 1 atom stereocenters. The highest BCUT2D eigenvalue weighted by molar-refractivity contribution is 7.27. The van der Waals surface area contributed by atoms with Crippen LogP contribution in [0.3, 0.4) is 0 Å². The van der Waals surface area contributed by atoms with Gasteiger partial charge in [0.2, 0.25) is 0 Å². The van der Waals surface area contributed by atoms with Crippen molar-refractivity contribution in [1.82, 2.24) is 0 Å². The summed E-state index contributed by atoms with van der Waals surface area (Å²) in [7, 11) is 2.74. The lowest BCUT2D eigenvalue weighted by atomic mass is 9.81. The van der Waals surface area contributed by atoms with E-state index in [0.717, 1.165) is 0 Å². The maximum atomic E-state index is 2.74. The van der Waals surface area contributed by atoms with Gasteiger partial charge in [0.1, 0.15) is 0 Å². The van der Waals surface area contributed by atoms with Crippen molar-refractivity contribution in [3.8, 4) is 22.3 Å². The van der Waals surface area contributed by atoms with Crippen LogP contribution in [0.25, 0.3) is 22.3 Å². The average Bonchev–Trinajstić information content (AvgIpc) is 2.15. The van der Waals surface area contributed by atoms with Gasteiger partial charge >= 0.3 is 0 Å². The summed E-state index contributed by atoms with van der Waals surface area (Å²) >= 11 is 0. The zero-order valence-corrected chi connectivity index (χ0v) is 8.27. The van der Waals surface area contributed by atoms with Crippen LogP contribution in [0.4, 0.5) is 0 Å². The Balaban J connectivity index is 2.29. The van der Waals surface area contributed by atoms with Gasteiger partial charge in [0.15, 0.2) is 0 Å². The van der Waals surface area contributed by atoms with E-state index >= 15 is 0 Å². The van der Waals surface area contributed by atoms with Crippen LogP contribution >= 0.6 is 9.24 Å². The first-order chi connectivity index (χ1) is 6.36. The highest BCUT2D eigenvalue weighted by atomic mass is 31.0. The van der Waals surface area contributed by atoms with Gasteiger partial charge in [-0.05, 0) is 33.6 Å². The molecule has 0 aliphatic heterocycles. The Labute approximate surface area is 79.8 Å². The highest BCUT2D eigenvalue weighted by Gasteiger charge is 2.20. The van der Waals surface area contributed by atoms with E-state index in [9.17, 15) is 0 Å². The maximum absolute atomic E-state index is 2.74. The lowest BCUT2D eigenvalue weighted by Crippen LogP contribution is -2.02. The topological polar surface area (TPSA) is 0 Å². The first-order valence-corrected chi connectivity index (χ1v) is 4.93. The van der Waals surface area contributed by atoms with Crippen LogP contribution in [-0.2, 0) is 0 Å². The third kappa shape index (κ3) is 0.897. The van der Waals surface area contributed by atoms with Crippen molar-refractivity contribution < 1.29 is 0 Å². The van der Waals surface area contributed by atoms with Gasteiger partial charge in [-0.15, -0.1) is 9.24 Å². The van der Waals surface area contributed by atoms with Gasteiger partial charge in [0, 0.05) is 0 Å². The van der Waals surface area contributed by atoms with Crippen LogP contribution in [0.2, 0.25) is 0 Å². The predicted octanol–water partition coefficient (Wildman–Crippen LogP) is 2.83. The molecule has 0 spiro atoms. The first kappa shape index (κ1) is 7.29. The molecule has 2 aromatic carbocycles. The number of fused-ring (bicyclic) bond motifs is 4. The summed E-state index contributed by atoms with van der Waals surface area (Å²) in [4.78, 5) is 0.